The maximum atomic E-state index is 12.5. The molecule has 140 valence electrons. The van der Waals surface area contributed by atoms with Gasteiger partial charge in [0.2, 0.25) is 5.91 Å². The number of likely N-dealkylation sites (N-methyl/N-ethyl adjacent to an activating group) is 2. The zero-order chi connectivity index (χ0) is 16.8. The first-order chi connectivity index (χ1) is 11.0. The van der Waals surface area contributed by atoms with Crippen LogP contribution in [0.15, 0.2) is 0 Å². The van der Waals surface area contributed by atoms with E-state index in [9.17, 15) is 9.59 Å². The van der Waals surface area contributed by atoms with Crippen molar-refractivity contribution in [3.63, 3.8) is 0 Å². The Kier molecular flexibility index (Phi) is 9.02. The molecule has 0 radical (unpaired) electrons. The number of carbonyl (C=O) groups is 2. The molecule has 1 saturated carbocycles. The fourth-order valence-corrected chi connectivity index (χ4v) is 3.84. The molecule has 1 heterocycles. The first kappa shape index (κ1) is 21.2. The van der Waals surface area contributed by atoms with E-state index in [-0.39, 0.29) is 24.9 Å². The van der Waals surface area contributed by atoms with Crippen molar-refractivity contribution in [2.24, 2.45) is 0 Å². The van der Waals surface area contributed by atoms with E-state index in [1.165, 1.54) is 19.3 Å². The van der Waals surface area contributed by atoms with Crippen molar-refractivity contribution < 1.29 is 14.7 Å². The highest BCUT2D eigenvalue weighted by molar-refractivity contribution is 5.85. The van der Waals surface area contributed by atoms with E-state index < -0.39 is 5.97 Å². The van der Waals surface area contributed by atoms with Gasteiger partial charge in [-0.05, 0) is 32.7 Å². The normalized spacial score (nSPS) is 20.6. The van der Waals surface area contributed by atoms with Gasteiger partial charge in [0, 0.05) is 32.2 Å². The van der Waals surface area contributed by atoms with E-state index in [1.54, 1.807) is 0 Å². The van der Waals surface area contributed by atoms with Crippen molar-refractivity contribution in [1.29, 1.82) is 0 Å². The van der Waals surface area contributed by atoms with Gasteiger partial charge in [-0.15, -0.1) is 12.4 Å². The van der Waals surface area contributed by atoms with Crippen molar-refractivity contribution in [2.45, 2.75) is 57.0 Å². The van der Waals surface area contributed by atoms with Gasteiger partial charge in [-0.1, -0.05) is 19.3 Å². The van der Waals surface area contributed by atoms with Crippen molar-refractivity contribution in [3.05, 3.63) is 0 Å². The van der Waals surface area contributed by atoms with Gasteiger partial charge in [-0.3, -0.25) is 19.4 Å². The molecule has 0 aromatic heterocycles. The average Bonchev–Trinajstić information content (AvgIpc) is 2.55. The minimum atomic E-state index is -0.779. The van der Waals surface area contributed by atoms with Crippen LogP contribution >= 0.6 is 12.4 Å². The minimum absolute atomic E-state index is 0. The number of halogens is 1. The van der Waals surface area contributed by atoms with Gasteiger partial charge in [-0.25, -0.2) is 0 Å². The van der Waals surface area contributed by atoms with Crippen LogP contribution < -0.4 is 0 Å². The number of rotatable bonds is 6. The average molecular weight is 362 g/mol. The third-order valence-electron chi connectivity index (χ3n) is 5.44. The Labute approximate surface area is 151 Å². The molecule has 2 rings (SSSR count). The van der Waals surface area contributed by atoms with Crippen molar-refractivity contribution in [3.8, 4) is 0 Å². The predicted molar refractivity (Wildman–Crippen MR) is 96.6 cm³/mol. The second kappa shape index (κ2) is 10.2. The first-order valence-corrected chi connectivity index (χ1v) is 8.87. The topological polar surface area (TPSA) is 64.1 Å². The van der Waals surface area contributed by atoms with E-state index in [2.05, 4.69) is 4.90 Å². The second-order valence-corrected chi connectivity index (χ2v) is 7.11. The Morgan fingerprint density at radius 2 is 1.58 bits per heavy atom. The molecule has 1 aliphatic carbocycles. The van der Waals surface area contributed by atoms with E-state index in [0.29, 0.717) is 18.6 Å². The summed E-state index contributed by atoms with van der Waals surface area (Å²) in [5.74, 6) is -0.548. The highest BCUT2D eigenvalue weighted by Gasteiger charge is 2.27. The molecule has 2 fully saturated rings. The third kappa shape index (κ3) is 6.22. The lowest BCUT2D eigenvalue weighted by molar-refractivity contribution is -0.138. The van der Waals surface area contributed by atoms with E-state index in [4.69, 9.17) is 5.11 Å². The molecular weight excluding hydrogens is 330 g/mol. The number of amides is 1. The molecule has 0 atom stereocenters. The summed E-state index contributed by atoms with van der Waals surface area (Å²) in [4.78, 5) is 29.3. The van der Waals surface area contributed by atoms with Crippen LogP contribution in [0.25, 0.3) is 0 Å². The zero-order valence-electron chi connectivity index (χ0n) is 14.9. The molecule has 1 saturated heterocycles. The molecule has 6 nitrogen and oxygen atoms in total. The Morgan fingerprint density at radius 1 is 1.00 bits per heavy atom. The molecule has 0 unspecified atom stereocenters. The molecule has 1 N–H and O–H groups in total. The summed E-state index contributed by atoms with van der Waals surface area (Å²) in [5.41, 5.74) is 0. The lowest BCUT2D eigenvalue weighted by atomic mass is 9.94. The summed E-state index contributed by atoms with van der Waals surface area (Å²) in [6.45, 7) is 2.34. The zero-order valence-corrected chi connectivity index (χ0v) is 15.8. The van der Waals surface area contributed by atoms with Gasteiger partial charge in [0.25, 0.3) is 0 Å². The Hall–Kier alpha value is -0.850. The van der Waals surface area contributed by atoms with Crippen LogP contribution in [0.1, 0.15) is 44.9 Å². The molecule has 1 amide bonds. The third-order valence-corrected chi connectivity index (χ3v) is 5.44. The van der Waals surface area contributed by atoms with Crippen LogP contribution in [0, 0.1) is 0 Å². The van der Waals surface area contributed by atoms with Crippen molar-refractivity contribution in [1.82, 2.24) is 14.7 Å². The molecule has 0 aromatic rings. The van der Waals surface area contributed by atoms with E-state index in [0.717, 1.165) is 38.8 Å². The summed E-state index contributed by atoms with van der Waals surface area (Å²) in [7, 11) is 3.82. The number of hydrogen-bond donors (Lipinski definition) is 1. The van der Waals surface area contributed by atoms with Crippen LogP contribution in [0.2, 0.25) is 0 Å². The van der Waals surface area contributed by atoms with Gasteiger partial charge in [-0.2, -0.15) is 0 Å². The standard InChI is InChI=1S/C17H31N3O3.ClH/c1-18(13-17(22)23)14-8-10-20(11-9-14)12-16(21)19(2)15-6-4-3-5-7-15;/h14-15H,3-13H2,1-2H3,(H,22,23);1H. The number of likely N-dealkylation sites (tertiary alicyclic amines) is 1. The summed E-state index contributed by atoms with van der Waals surface area (Å²) >= 11 is 0. The highest BCUT2D eigenvalue weighted by Crippen LogP contribution is 2.22. The lowest BCUT2D eigenvalue weighted by Gasteiger charge is -2.37. The smallest absolute Gasteiger partial charge is 0.317 e. The van der Waals surface area contributed by atoms with Crippen molar-refractivity contribution >= 4 is 24.3 Å². The molecular formula is C17H32ClN3O3. The second-order valence-electron chi connectivity index (χ2n) is 7.11. The highest BCUT2D eigenvalue weighted by atomic mass is 35.5. The lowest BCUT2D eigenvalue weighted by Crippen LogP contribution is -2.49. The summed E-state index contributed by atoms with van der Waals surface area (Å²) in [5, 5.41) is 8.87. The molecule has 1 aliphatic heterocycles. The molecule has 2 aliphatic rings. The van der Waals surface area contributed by atoms with Gasteiger partial charge in [0.05, 0.1) is 13.1 Å². The number of hydrogen-bond acceptors (Lipinski definition) is 4. The van der Waals surface area contributed by atoms with Crippen LogP contribution in [-0.2, 0) is 9.59 Å². The molecule has 7 heteroatoms. The quantitative estimate of drug-likeness (QED) is 0.779. The SMILES string of the molecule is CN(CC(=O)O)C1CCN(CC(=O)N(C)C2CCCCC2)CC1.Cl. The first-order valence-electron chi connectivity index (χ1n) is 8.87. The minimum Gasteiger partial charge on any atom is -0.480 e. The molecule has 0 spiro atoms. The van der Waals surface area contributed by atoms with Gasteiger partial charge >= 0.3 is 5.97 Å². The van der Waals surface area contributed by atoms with E-state index >= 15 is 0 Å². The fourth-order valence-electron chi connectivity index (χ4n) is 3.84. The summed E-state index contributed by atoms with van der Waals surface area (Å²) in [6.07, 6.45) is 7.94. The van der Waals surface area contributed by atoms with Crippen LogP contribution in [0.4, 0.5) is 0 Å². The molecule has 0 bridgehead atoms. The number of carboxylic acid groups (broad SMARTS) is 1. The Balaban J connectivity index is 0.00000288. The summed E-state index contributed by atoms with van der Waals surface area (Å²) in [6, 6.07) is 0.740. The number of nitrogens with zero attached hydrogens (tertiary/aromatic N) is 3. The Bertz CT molecular complexity index is 408. The van der Waals surface area contributed by atoms with Gasteiger partial charge in [0.15, 0.2) is 0 Å². The van der Waals surface area contributed by atoms with Gasteiger partial charge in [0.1, 0.15) is 0 Å². The van der Waals surface area contributed by atoms with Crippen LogP contribution in [-0.4, -0.2) is 84.0 Å². The summed E-state index contributed by atoms with van der Waals surface area (Å²) < 4.78 is 0. The number of piperidine rings is 1. The number of carbonyl (C=O) groups excluding carboxylic acids is 1. The largest absolute Gasteiger partial charge is 0.480 e. The van der Waals surface area contributed by atoms with Gasteiger partial charge < -0.3 is 10.0 Å². The fraction of sp³-hybridized carbons (Fsp3) is 0.882. The maximum Gasteiger partial charge on any atom is 0.317 e. The van der Waals surface area contributed by atoms with Crippen molar-refractivity contribution in [2.75, 3.05) is 40.3 Å². The van der Waals surface area contributed by atoms with E-state index in [1.807, 2.05) is 23.9 Å². The molecule has 0 aromatic carbocycles. The van der Waals surface area contributed by atoms with Crippen LogP contribution in [0.5, 0.6) is 0 Å². The van der Waals surface area contributed by atoms with Crippen LogP contribution in [0.3, 0.4) is 0 Å². The number of aliphatic carboxylic acids is 1. The monoisotopic (exact) mass is 361 g/mol. The number of carboxylic acids is 1. The predicted octanol–water partition coefficient (Wildman–Crippen LogP) is 1.68. The Morgan fingerprint density at radius 3 is 2.12 bits per heavy atom. The molecule has 24 heavy (non-hydrogen) atoms. The maximum absolute atomic E-state index is 12.5.